The number of aryl methyl sites for hydroxylation is 1. The lowest BCUT2D eigenvalue weighted by Crippen LogP contribution is -2.12. The molecule has 0 aliphatic heterocycles. The Morgan fingerprint density at radius 2 is 2.10 bits per heavy atom. The molecule has 2 aromatic carbocycles. The summed E-state index contributed by atoms with van der Waals surface area (Å²) < 4.78 is 18.4. The van der Waals surface area contributed by atoms with Crippen LogP contribution in [0.15, 0.2) is 42.5 Å². The minimum Gasteiger partial charge on any atom is -0.508 e. The molecule has 0 heterocycles. The molecule has 2 aromatic rings. The van der Waals surface area contributed by atoms with Gasteiger partial charge in [-0.2, -0.15) is 0 Å². The number of methoxy groups -OCH3 is 1. The normalized spacial score (nSPS) is 10.2. The number of hydrogen-bond donors (Lipinski definition) is 2. The zero-order valence-corrected chi connectivity index (χ0v) is 11.6. The fourth-order valence-electron chi connectivity index (χ4n) is 1.93. The van der Waals surface area contributed by atoms with Crippen molar-refractivity contribution >= 4 is 11.6 Å². The van der Waals surface area contributed by atoms with Crippen LogP contribution in [0.3, 0.4) is 0 Å². The summed E-state index contributed by atoms with van der Waals surface area (Å²) in [5, 5.41) is 12.0. The second kappa shape index (κ2) is 6.74. The third-order valence-electron chi connectivity index (χ3n) is 2.99. The average molecular weight is 289 g/mol. The number of carbonyl (C=O) groups is 1. The van der Waals surface area contributed by atoms with Crippen molar-refractivity contribution in [3.05, 3.63) is 53.8 Å². The van der Waals surface area contributed by atoms with Crippen LogP contribution in [0, 0.1) is 5.82 Å². The molecular formula is C16H16FNO3. The summed E-state index contributed by atoms with van der Waals surface area (Å²) >= 11 is 0. The van der Waals surface area contributed by atoms with Gasteiger partial charge >= 0.3 is 0 Å². The minimum absolute atomic E-state index is 0.0880. The smallest absolute Gasteiger partial charge is 0.224 e. The summed E-state index contributed by atoms with van der Waals surface area (Å²) in [5.41, 5.74) is 1.25. The maximum atomic E-state index is 13.5. The molecule has 0 fully saturated rings. The molecule has 0 aromatic heterocycles. The summed E-state index contributed by atoms with van der Waals surface area (Å²) in [6, 6.07) is 10.9. The van der Waals surface area contributed by atoms with Crippen molar-refractivity contribution in [2.45, 2.75) is 12.8 Å². The van der Waals surface area contributed by atoms with Crippen molar-refractivity contribution < 1.29 is 19.0 Å². The number of benzene rings is 2. The molecule has 0 bridgehead atoms. The predicted molar refractivity (Wildman–Crippen MR) is 78.0 cm³/mol. The molecule has 110 valence electrons. The number of amides is 1. The molecule has 2 N–H and O–H groups in total. The molecule has 2 rings (SSSR count). The van der Waals surface area contributed by atoms with Crippen LogP contribution >= 0.6 is 0 Å². The van der Waals surface area contributed by atoms with E-state index in [1.165, 1.54) is 31.4 Å². The van der Waals surface area contributed by atoms with Crippen LogP contribution in [-0.2, 0) is 11.2 Å². The quantitative estimate of drug-likeness (QED) is 0.889. The molecule has 21 heavy (non-hydrogen) atoms. The molecule has 1 amide bonds. The van der Waals surface area contributed by atoms with Crippen molar-refractivity contribution in [1.29, 1.82) is 0 Å². The third kappa shape index (κ3) is 4.21. The van der Waals surface area contributed by atoms with Gasteiger partial charge in [0.25, 0.3) is 0 Å². The number of nitrogens with one attached hydrogen (secondary N) is 1. The molecule has 0 atom stereocenters. The first kappa shape index (κ1) is 14.8. The molecule has 0 radical (unpaired) electrons. The monoisotopic (exact) mass is 289 g/mol. The highest BCUT2D eigenvalue weighted by Gasteiger charge is 2.07. The first-order valence-corrected chi connectivity index (χ1v) is 6.50. The van der Waals surface area contributed by atoms with Crippen LogP contribution in [0.5, 0.6) is 11.5 Å². The van der Waals surface area contributed by atoms with Gasteiger partial charge in [-0.25, -0.2) is 4.39 Å². The lowest BCUT2D eigenvalue weighted by molar-refractivity contribution is -0.116. The number of anilines is 1. The predicted octanol–water partition coefficient (Wildman–Crippen LogP) is 3.11. The number of carbonyl (C=O) groups excluding carboxylic acids is 1. The van der Waals surface area contributed by atoms with Gasteiger partial charge in [0.2, 0.25) is 5.91 Å². The third-order valence-corrected chi connectivity index (χ3v) is 2.99. The van der Waals surface area contributed by atoms with Crippen molar-refractivity contribution in [1.82, 2.24) is 0 Å². The summed E-state index contributed by atoms with van der Waals surface area (Å²) in [6.45, 7) is 0. The van der Waals surface area contributed by atoms with Gasteiger partial charge < -0.3 is 15.2 Å². The van der Waals surface area contributed by atoms with E-state index in [-0.39, 0.29) is 23.8 Å². The fraction of sp³-hybridized carbons (Fsp3) is 0.188. The highest BCUT2D eigenvalue weighted by molar-refractivity contribution is 5.91. The average Bonchev–Trinajstić information content (AvgIpc) is 2.45. The van der Waals surface area contributed by atoms with E-state index >= 15 is 0 Å². The van der Waals surface area contributed by atoms with E-state index in [0.717, 1.165) is 5.56 Å². The van der Waals surface area contributed by atoms with Crippen LogP contribution < -0.4 is 10.1 Å². The van der Waals surface area contributed by atoms with Crippen molar-refractivity contribution in [2.75, 3.05) is 12.4 Å². The molecule has 0 unspecified atom stereocenters. The van der Waals surface area contributed by atoms with Crippen LogP contribution in [0.2, 0.25) is 0 Å². The molecule has 4 nitrogen and oxygen atoms in total. The van der Waals surface area contributed by atoms with E-state index in [4.69, 9.17) is 4.74 Å². The SMILES string of the molecule is COc1ccc(CCC(=O)Nc2cccc(O)c2)cc1F. The first-order chi connectivity index (χ1) is 10.1. The van der Waals surface area contributed by atoms with Gasteiger partial charge in [-0.1, -0.05) is 12.1 Å². The van der Waals surface area contributed by atoms with Crippen molar-refractivity contribution in [2.24, 2.45) is 0 Å². The van der Waals surface area contributed by atoms with Crippen molar-refractivity contribution in [3.63, 3.8) is 0 Å². The Morgan fingerprint density at radius 1 is 1.29 bits per heavy atom. The van der Waals surface area contributed by atoms with Gasteiger partial charge in [0.05, 0.1) is 7.11 Å². The van der Waals surface area contributed by atoms with E-state index in [0.29, 0.717) is 12.1 Å². The maximum Gasteiger partial charge on any atom is 0.224 e. The van der Waals surface area contributed by atoms with Crippen LogP contribution in [0.1, 0.15) is 12.0 Å². The Labute approximate surface area is 122 Å². The molecule has 0 saturated carbocycles. The number of rotatable bonds is 5. The molecule has 0 aliphatic carbocycles. The molecule has 0 saturated heterocycles. The Bertz CT molecular complexity index is 643. The van der Waals surface area contributed by atoms with Crippen LogP contribution in [0.4, 0.5) is 10.1 Å². The molecule has 0 spiro atoms. The van der Waals surface area contributed by atoms with Gasteiger partial charge in [0.1, 0.15) is 5.75 Å². The van der Waals surface area contributed by atoms with E-state index in [1.54, 1.807) is 18.2 Å². The lowest BCUT2D eigenvalue weighted by Gasteiger charge is -2.07. The first-order valence-electron chi connectivity index (χ1n) is 6.50. The Kier molecular flexibility index (Phi) is 4.77. The highest BCUT2D eigenvalue weighted by Crippen LogP contribution is 2.19. The molecule has 0 aliphatic rings. The Hall–Kier alpha value is -2.56. The fourth-order valence-corrected chi connectivity index (χ4v) is 1.93. The van der Waals surface area contributed by atoms with E-state index in [9.17, 15) is 14.3 Å². The second-order valence-corrected chi connectivity index (χ2v) is 4.57. The number of phenolic OH excluding ortho intramolecular Hbond substituents is 1. The number of halogens is 1. The van der Waals surface area contributed by atoms with E-state index in [2.05, 4.69) is 5.32 Å². The second-order valence-electron chi connectivity index (χ2n) is 4.57. The van der Waals surface area contributed by atoms with Gasteiger partial charge in [-0.15, -0.1) is 0 Å². The maximum absolute atomic E-state index is 13.5. The van der Waals surface area contributed by atoms with E-state index in [1.807, 2.05) is 0 Å². The van der Waals surface area contributed by atoms with E-state index < -0.39 is 5.82 Å². The Morgan fingerprint density at radius 3 is 2.76 bits per heavy atom. The number of aromatic hydroxyl groups is 1. The number of hydrogen-bond acceptors (Lipinski definition) is 3. The lowest BCUT2D eigenvalue weighted by atomic mass is 10.1. The van der Waals surface area contributed by atoms with Crippen molar-refractivity contribution in [3.8, 4) is 11.5 Å². The standard InChI is InChI=1S/C16H16FNO3/c1-21-15-7-5-11(9-14(15)17)6-8-16(20)18-12-3-2-4-13(19)10-12/h2-5,7,9-10,19H,6,8H2,1H3,(H,18,20). The summed E-state index contributed by atoms with van der Waals surface area (Å²) in [5.74, 6) is -0.367. The number of ether oxygens (including phenoxy) is 1. The largest absolute Gasteiger partial charge is 0.508 e. The molecule has 5 heteroatoms. The summed E-state index contributed by atoms with van der Waals surface area (Å²) in [7, 11) is 1.40. The van der Waals surface area contributed by atoms with Gasteiger partial charge in [-0.3, -0.25) is 4.79 Å². The zero-order chi connectivity index (χ0) is 15.2. The summed E-state index contributed by atoms with van der Waals surface area (Å²) in [6.07, 6.45) is 0.646. The van der Waals surface area contributed by atoms with Gasteiger partial charge in [0.15, 0.2) is 11.6 Å². The van der Waals surface area contributed by atoms with Gasteiger partial charge in [0, 0.05) is 18.2 Å². The summed E-state index contributed by atoms with van der Waals surface area (Å²) in [4.78, 5) is 11.8. The van der Waals surface area contributed by atoms with Crippen LogP contribution in [0.25, 0.3) is 0 Å². The van der Waals surface area contributed by atoms with Crippen LogP contribution in [-0.4, -0.2) is 18.1 Å². The Balaban J connectivity index is 1.90. The minimum atomic E-state index is -0.441. The zero-order valence-electron chi connectivity index (χ0n) is 11.6. The van der Waals surface area contributed by atoms with Gasteiger partial charge in [-0.05, 0) is 36.2 Å². The topological polar surface area (TPSA) is 58.6 Å². The highest BCUT2D eigenvalue weighted by atomic mass is 19.1. The molecular weight excluding hydrogens is 273 g/mol. The number of phenols is 1.